The molecule has 0 saturated heterocycles. The lowest BCUT2D eigenvalue weighted by Gasteiger charge is -2.45. The quantitative estimate of drug-likeness (QED) is 0.0324. The standard InChI is InChI=1S/C48H77ClO7/c1-3-5-6-7-8-9-10-11-12-13-14-17-20-34-54-40-27-23-26-39(37-40)47(53)56-36-22-21-35-55-46(52)31-19-16-15-18-28-41-42(44(50)38-43(41)49)29-24-30-45(51)48(4-2)32-25-33-48/h15,18,23-24,26-27,29,37,41-45,50-51H,3-14,16-17,19-22,25,28,30-36,38H2,1-2H3/b18-15-,29-24+/t41-,42+,43+,44-,45+/m1/s1. The van der Waals surface area contributed by atoms with E-state index in [1.165, 1.54) is 83.5 Å². The average Bonchev–Trinajstić information content (AvgIpc) is 3.44. The fourth-order valence-corrected chi connectivity index (χ4v) is 8.75. The number of alkyl halides is 1. The number of ether oxygens (including phenoxy) is 3. The van der Waals surface area contributed by atoms with Crippen LogP contribution in [0.15, 0.2) is 48.6 Å². The fourth-order valence-electron chi connectivity index (χ4n) is 8.30. The second kappa shape index (κ2) is 29.0. The first-order valence-corrected chi connectivity index (χ1v) is 23.1. The molecular formula is C48H77ClO7. The van der Waals surface area contributed by atoms with Crippen molar-refractivity contribution in [3.8, 4) is 5.75 Å². The van der Waals surface area contributed by atoms with Crippen molar-refractivity contribution >= 4 is 23.5 Å². The molecule has 1 aromatic carbocycles. The molecule has 0 unspecified atom stereocenters. The normalized spacial score (nSPS) is 21.0. The second-order valence-corrected chi connectivity index (χ2v) is 17.2. The van der Waals surface area contributed by atoms with Crippen LogP contribution in [0, 0.1) is 17.3 Å². The Hall–Kier alpha value is -2.35. The third kappa shape index (κ3) is 18.5. The van der Waals surface area contributed by atoms with Gasteiger partial charge in [-0.05, 0) is 100 Å². The molecule has 0 heterocycles. The summed E-state index contributed by atoms with van der Waals surface area (Å²) in [6.45, 7) is 5.66. The maximum Gasteiger partial charge on any atom is 0.338 e. The lowest BCUT2D eigenvalue weighted by Crippen LogP contribution is -2.40. The number of carbonyl (C=O) groups is 2. The van der Waals surface area contributed by atoms with Crippen LogP contribution in [0.1, 0.15) is 185 Å². The maximum atomic E-state index is 12.6. The highest BCUT2D eigenvalue weighted by Gasteiger charge is 2.42. The molecule has 56 heavy (non-hydrogen) atoms. The van der Waals surface area contributed by atoms with Gasteiger partial charge in [-0.3, -0.25) is 4.79 Å². The fraction of sp³-hybridized carbons (Fsp3) is 0.750. The summed E-state index contributed by atoms with van der Waals surface area (Å²) in [7, 11) is 0. The molecule has 2 aliphatic carbocycles. The van der Waals surface area contributed by atoms with E-state index in [1.807, 2.05) is 12.1 Å². The van der Waals surface area contributed by atoms with E-state index < -0.39 is 6.10 Å². The van der Waals surface area contributed by atoms with Crippen LogP contribution in [0.3, 0.4) is 0 Å². The predicted octanol–water partition coefficient (Wildman–Crippen LogP) is 12.2. The van der Waals surface area contributed by atoms with E-state index in [0.717, 1.165) is 38.5 Å². The zero-order chi connectivity index (χ0) is 40.3. The van der Waals surface area contributed by atoms with Crippen LogP contribution in [0.5, 0.6) is 5.75 Å². The summed E-state index contributed by atoms with van der Waals surface area (Å²) in [6, 6.07) is 7.18. The minimum Gasteiger partial charge on any atom is -0.494 e. The Bertz CT molecular complexity index is 1250. The molecule has 5 atom stereocenters. The predicted molar refractivity (Wildman–Crippen MR) is 229 cm³/mol. The van der Waals surface area contributed by atoms with Crippen LogP contribution in [0.4, 0.5) is 0 Å². The minimum absolute atomic E-state index is 0.0128. The molecule has 1 aromatic rings. The summed E-state index contributed by atoms with van der Waals surface area (Å²) in [5, 5.41) is 21.3. The van der Waals surface area contributed by atoms with Gasteiger partial charge < -0.3 is 24.4 Å². The van der Waals surface area contributed by atoms with Crippen molar-refractivity contribution in [1.29, 1.82) is 0 Å². The van der Waals surface area contributed by atoms with Gasteiger partial charge in [0.1, 0.15) is 5.75 Å². The molecule has 2 saturated carbocycles. The molecule has 2 fully saturated rings. The van der Waals surface area contributed by atoms with Crippen molar-refractivity contribution in [2.24, 2.45) is 17.3 Å². The highest BCUT2D eigenvalue weighted by atomic mass is 35.5. The van der Waals surface area contributed by atoms with Gasteiger partial charge in [0, 0.05) is 17.7 Å². The average molecular weight is 802 g/mol. The van der Waals surface area contributed by atoms with Gasteiger partial charge in [-0.25, -0.2) is 4.79 Å². The van der Waals surface area contributed by atoms with Crippen LogP contribution in [0.25, 0.3) is 0 Å². The number of unbranched alkanes of at least 4 members (excludes halogenated alkanes) is 14. The topological polar surface area (TPSA) is 102 Å². The Morgan fingerprint density at radius 2 is 1.48 bits per heavy atom. The van der Waals surface area contributed by atoms with Crippen molar-refractivity contribution in [2.75, 3.05) is 19.8 Å². The van der Waals surface area contributed by atoms with Gasteiger partial charge in [0.2, 0.25) is 0 Å². The smallest absolute Gasteiger partial charge is 0.338 e. The molecule has 3 rings (SSSR count). The maximum absolute atomic E-state index is 12.6. The van der Waals surface area contributed by atoms with Crippen molar-refractivity contribution < 1.29 is 34.0 Å². The highest BCUT2D eigenvalue weighted by molar-refractivity contribution is 6.21. The van der Waals surface area contributed by atoms with E-state index in [2.05, 4.69) is 38.2 Å². The number of hydrogen-bond donors (Lipinski definition) is 2. The van der Waals surface area contributed by atoms with Gasteiger partial charge in [0.15, 0.2) is 0 Å². The number of carbonyl (C=O) groups excluding carboxylic acids is 2. The van der Waals surface area contributed by atoms with Gasteiger partial charge in [-0.1, -0.05) is 128 Å². The van der Waals surface area contributed by atoms with Crippen molar-refractivity contribution in [3.05, 3.63) is 54.1 Å². The van der Waals surface area contributed by atoms with Crippen LogP contribution < -0.4 is 4.74 Å². The largest absolute Gasteiger partial charge is 0.494 e. The molecule has 0 aromatic heterocycles. The zero-order valence-electron chi connectivity index (χ0n) is 35.1. The van der Waals surface area contributed by atoms with Gasteiger partial charge in [0.05, 0.1) is 37.6 Å². The number of aliphatic hydroxyl groups is 2. The number of halogens is 1. The summed E-state index contributed by atoms with van der Waals surface area (Å²) >= 11 is 6.63. The van der Waals surface area contributed by atoms with E-state index in [9.17, 15) is 19.8 Å². The molecule has 318 valence electrons. The van der Waals surface area contributed by atoms with Gasteiger partial charge in [-0.15, -0.1) is 11.6 Å². The van der Waals surface area contributed by atoms with E-state index in [4.69, 9.17) is 25.8 Å². The SMILES string of the molecule is CCCCCCCCCCCCCCCOc1cccc(C(=O)OCCCCOC(=O)CCC/C=C\C[C@@H]2[C@H](/C=C/C[C@H](O)C3(CC)CCC3)[C@H](O)C[C@@H]2Cl)c1. The molecule has 8 heteroatoms. The Balaban J connectivity index is 1.16. The third-order valence-corrected chi connectivity index (χ3v) is 12.8. The summed E-state index contributed by atoms with van der Waals surface area (Å²) in [6.07, 6.45) is 34.1. The lowest BCUT2D eigenvalue weighted by molar-refractivity contribution is -0.143. The Labute approximate surface area is 345 Å². The lowest BCUT2D eigenvalue weighted by atomic mass is 9.63. The Kier molecular flexibility index (Phi) is 24.8. The van der Waals surface area contributed by atoms with Crippen LogP contribution in [-0.4, -0.2) is 59.6 Å². The molecule has 0 spiro atoms. The number of hydrogen-bond acceptors (Lipinski definition) is 7. The van der Waals surface area contributed by atoms with E-state index in [0.29, 0.717) is 63.1 Å². The minimum atomic E-state index is -0.462. The number of rotatable bonds is 32. The monoisotopic (exact) mass is 801 g/mol. The Morgan fingerprint density at radius 3 is 2.12 bits per heavy atom. The summed E-state index contributed by atoms with van der Waals surface area (Å²) in [4.78, 5) is 24.8. The Morgan fingerprint density at radius 1 is 0.839 bits per heavy atom. The molecular weight excluding hydrogens is 724 g/mol. The van der Waals surface area contributed by atoms with Crippen molar-refractivity contribution in [1.82, 2.24) is 0 Å². The molecule has 0 radical (unpaired) electrons. The first-order valence-electron chi connectivity index (χ1n) is 22.7. The molecule has 7 nitrogen and oxygen atoms in total. The van der Waals surface area contributed by atoms with Crippen LogP contribution in [0.2, 0.25) is 0 Å². The summed E-state index contributed by atoms with van der Waals surface area (Å²) in [5.74, 6) is 0.234. The molecule has 2 N–H and O–H groups in total. The zero-order valence-corrected chi connectivity index (χ0v) is 35.9. The van der Waals surface area contributed by atoms with Crippen molar-refractivity contribution in [3.63, 3.8) is 0 Å². The summed E-state index contributed by atoms with van der Waals surface area (Å²) < 4.78 is 16.7. The van der Waals surface area contributed by atoms with E-state index >= 15 is 0 Å². The van der Waals surface area contributed by atoms with Gasteiger partial charge >= 0.3 is 11.9 Å². The third-order valence-electron chi connectivity index (χ3n) is 12.3. The number of aliphatic hydroxyl groups excluding tert-OH is 2. The molecule has 0 amide bonds. The number of allylic oxidation sites excluding steroid dienone is 2. The van der Waals surface area contributed by atoms with Gasteiger partial charge in [0.25, 0.3) is 0 Å². The van der Waals surface area contributed by atoms with E-state index in [1.54, 1.807) is 12.1 Å². The molecule has 0 aliphatic heterocycles. The van der Waals surface area contributed by atoms with E-state index in [-0.39, 0.29) is 47.3 Å². The second-order valence-electron chi connectivity index (χ2n) is 16.6. The molecule has 2 aliphatic rings. The van der Waals surface area contributed by atoms with Crippen molar-refractivity contribution in [2.45, 2.75) is 192 Å². The summed E-state index contributed by atoms with van der Waals surface area (Å²) in [5.41, 5.74) is 0.558. The first kappa shape index (κ1) is 48.0. The van der Waals surface area contributed by atoms with Gasteiger partial charge in [-0.2, -0.15) is 0 Å². The first-order chi connectivity index (χ1) is 27.3. The van der Waals surface area contributed by atoms with Crippen LogP contribution >= 0.6 is 11.6 Å². The van der Waals surface area contributed by atoms with Crippen LogP contribution in [-0.2, 0) is 14.3 Å². The number of esters is 2. The molecule has 0 bridgehead atoms. The number of benzene rings is 1. The highest BCUT2D eigenvalue weighted by Crippen LogP contribution is 2.48.